The monoisotopic (exact) mass is 199 g/mol. The standard InChI is InChI=1S/C12H22FN/c1-10(2)11-3-7-14(8-4-11)9-12(13)5-6-12/h10-11H,3-9H2,1-2H3. The first kappa shape index (κ1) is 10.4. The van der Waals surface area contributed by atoms with E-state index in [0.29, 0.717) is 6.54 Å². The van der Waals surface area contributed by atoms with Gasteiger partial charge in [0.1, 0.15) is 5.67 Å². The van der Waals surface area contributed by atoms with Crippen LogP contribution < -0.4 is 0 Å². The van der Waals surface area contributed by atoms with E-state index in [1.54, 1.807) is 0 Å². The molecule has 2 aliphatic rings. The van der Waals surface area contributed by atoms with Crippen LogP contribution in [0.3, 0.4) is 0 Å². The maximum absolute atomic E-state index is 13.5. The van der Waals surface area contributed by atoms with Gasteiger partial charge in [-0.1, -0.05) is 13.8 Å². The zero-order chi connectivity index (χ0) is 10.2. The van der Waals surface area contributed by atoms with Gasteiger partial charge >= 0.3 is 0 Å². The first-order chi connectivity index (χ1) is 6.59. The van der Waals surface area contributed by atoms with Gasteiger partial charge in [-0.15, -0.1) is 0 Å². The zero-order valence-corrected chi connectivity index (χ0v) is 9.43. The van der Waals surface area contributed by atoms with Crippen LogP contribution in [0.2, 0.25) is 0 Å². The molecule has 0 bridgehead atoms. The molecule has 0 radical (unpaired) electrons. The van der Waals surface area contributed by atoms with Gasteiger partial charge in [-0.25, -0.2) is 4.39 Å². The minimum atomic E-state index is -0.787. The maximum atomic E-state index is 13.5. The first-order valence-corrected chi connectivity index (χ1v) is 6.00. The van der Waals surface area contributed by atoms with Crippen LogP contribution in [0.4, 0.5) is 4.39 Å². The highest BCUT2D eigenvalue weighted by Crippen LogP contribution is 2.41. The minimum Gasteiger partial charge on any atom is -0.300 e. The molecule has 1 heterocycles. The van der Waals surface area contributed by atoms with Crippen molar-refractivity contribution in [2.75, 3.05) is 19.6 Å². The number of rotatable bonds is 3. The molecular formula is C12H22FN. The summed E-state index contributed by atoms with van der Waals surface area (Å²) in [6.45, 7) is 7.55. The molecule has 1 nitrogen and oxygen atoms in total. The van der Waals surface area contributed by atoms with E-state index in [1.807, 2.05) is 0 Å². The van der Waals surface area contributed by atoms with Crippen LogP contribution in [0.5, 0.6) is 0 Å². The van der Waals surface area contributed by atoms with Crippen molar-refractivity contribution in [3.8, 4) is 0 Å². The number of likely N-dealkylation sites (tertiary alicyclic amines) is 1. The van der Waals surface area contributed by atoms with Crippen molar-refractivity contribution in [2.24, 2.45) is 11.8 Å². The van der Waals surface area contributed by atoms with Crippen LogP contribution >= 0.6 is 0 Å². The van der Waals surface area contributed by atoms with Crippen molar-refractivity contribution in [3.63, 3.8) is 0 Å². The smallest absolute Gasteiger partial charge is 0.123 e. The number of halogens is 1. The van der Waals surface area contributed by atoms with E-state index < -0.39 is 5.67 Å². The Kier molecular flexibility index (Phi) is 2.83. The molecule has 0 unspecified atom stereocenters. The fourth-order valence-corrected chi connectivity index (χ4v) is 2.47. The molecule has 1 aliphatic carbocycles. The Morgan fingerprint density at radius 3 is 2.29 bits per heavy atom. The Morgan fingerprint density at radius 1 is 1.29 bits per heavy atom. The van der Waals surface area contributed by atoms with Gasteiger partial charge in [0.25, 0.3) is 0 Å². The van der Waals surface area contributed by atoms with Crippen molar-refractivity contribution in [1.82, 2.24) is 4.90 Å². The normalized spacial score (nSPS) is 28.3. The summed E-state index contributed by atoms with van der Waals surface area (Å²) in [5.41, 5.74) is -0.787. The highest BCUT2D eigenvalue weighted by molar-refractivity contribution is 4.97. The molecule has 2 fully saturated rings. The molecule has 2 rings (SSSR count). The maximum Gasteiger partial charge on any atom is 0.123 e. The van der Waals surface area contributed by atoms with E-state index in [9.17, 15) is 4.39 Å². The molecule has 0 aromatic carbocycles. The van der Waals surface area contributed by atoms with Crippen LogP contribution in [0, 0.1) is 11.8 Å². The molecule has 0 aromatic rings. The third kappa shape index (κ3) is 2.47. The molecular weight excluding hydrogens is 177 g/mol. The highest BCUT2D eigenvalue weighted by atomic mass is 19.1. The molecule has 1 saturated carbocycles. The van der Waals surface area contributed by atoms with E-state index in [0.717, 1.165) is 37.8 Å². The van der Waals surface area contributed by atoms with Gasteiger partial charge in [0.05, 0.1) is 0 Å². The summed E-state index contributed by atoms with van der Waals surface area (Å²) in [5.74, 6) is 1.68. The van der Waals surface area contributed by atoms with Crippen LogP contribution in [-0.4, -0.2) is 30.2 Å². The van der Waals surface area contributed by atoms with Gasteiger partial charge in [0.2, 0.25) is 0 Å². The highest BCUT2D eigenvalue weighted by Gasteiger charge is 2.44. The first-order valence-electron chi connectivity index (χ1n) is 6.00. The molecule has 14 heavy (non-hydrogen) atoms. The number of piperidine rings is 1. The summed E-state index contributed by atoms with van der Waals surface area (Å²) in [6, 6.07) is 0. The molecule has 0 atom stereocenters. The van der Waals surface area contributed by atoms with Gasteiger partial charge in [0.15, 0.2) is 0 Å². The second-order valence-electron chi connectivity index (χ2n) is 5.51. The van der Waals surface area contributed by atoms with Crippen molar-refractivity contribution in [3.05, 3.63) is 0 Å². The zero-order valence-electron chi connectivity index (χ0n) is 9.43. The Labute approximate surface area is 86.7 Å². The molecule has 1 aliphatic heterocycles. The third-order valence-corrected chi connectivity index (χ3v) is 3.87. The molecule has 0 amide bonds. The molecule has 0 N–H and O–H groups in total. The fourth-order valence-electron chi connectivity index (χ4n) is 2.47. The Morgan fingerprint density at radius 2 is 1.86 bits per heavy atom. The summed E-state index contributed by atoms with van der Waals surface area (Å²) in [7, 11) is 0. The second kappa shape index (κ2) is 3.80. The minimum absolute atomic E-state index is 0.706. The largest absolute Gasteiger partial charge is 0.300 e. The molecule has 0 aromatic heterocycles. The third-order valence-electron chi connectivity index (χ3n) is 3.87. The van der Waals surface area contributed by atoms with Gasteiger partial charge < -0.3 is 4.90 Å². The SMILES string of the molecule is CC(C)C1CCN(CC2(F)CC2)CC1. The number of alkyl halides is 1. The van der Waals surface area contributed by atoms with E-state index in [1.165, 1.54) is 12.8 Å². The van der Waals surface area contributed by atoms with E-state index >= 15 is 0 Å². The predicted molar refractivity (Wildman–Crippen MR) is 57.1 cm³/mol. The lowest BCUT2D eigenvalue weighted by molar-refractivity contribution is 0.116. The van der Waals surface area contributed by atoms with Crippen LogP contribution in [0.1, 0.15) is 39.5 Å². The lowest BCUT2D eigenvalue weighted by Gasteiger charge is -2.34. The summed E-state index contributed by atoms with van der Waals surface area (Å²) in [6.07, 6.45) is 4.15. The number of nitrogens with zero attached hydrogens (tertiary/aromatic N) is 1. The van der Waals surface area contributed by atoms with Gasteiger partial charge in [0, 0.05) is 6.54 Å². The molecule has 2 heteroatoms. The van der Waals surface area contributed by atoms with E-state index in [4.69, 9.17) is 0 Å². The Hall–Kier alpha value is -0.110. The van der Waals surface area contributed by atoms with Crippen LogP contribution in [0.15, 0.2) is 0 Å². The van der Waals surface area contributed by atoms with Crippen LogP contribution in [0.25, 0.3) is 0 Å². The summed E-state index contributed by atoms with van der Waals surface area (Å²) in [5, 5.41) is 0. The Bertz CT molecular complexity index is 190. The number of hydrogen-bond acceptors (Lipinski definition) is 1. The lowest BCUT2D eigenvalue weighted by atomic mass is 9.86. The summed E-state index contributed by atoms with van der Waals surface area (Å²) < 4.78 is 13.5. The van der Waals surface area contributed by atoms with Gasteiger partial charge in [-0.2, -0.15) is 0 Å². The predicted octanol–water partition coefficient (Wildman–Crippen LogP) is 2.86. The lowest BCUT2D eigenvalue weighted by Crippen LogP contribution is -2.39. The topological polar surface area (TPSA) is 3.24 Å². The van der Waals surface area contributed by atoms with Crippen LogP contribution in [-0.2, 0) is 0 Å². The van der Waals surface area contributed by atoms with Crippen molar-refractivity contribution >= 4 is 0 Å². The quantitative estimate of drug-likeness (QED) is 0.675. The van der Waals surface area contributed by atoms with Gasteiger partial charge in [-0.3, -0.25) is 0 Å². The second-order valence-corrected chi connectivity index (χ2v) is 5.51. The van der Waals surface area contributed by atoms with E-state index in [2.05, 4.69) is 18.7 Å². The Balaban J connectivity index is 1.73. The summed E-state index contributed by atoms with van der Waals surface area (Å²) in [4.78, 5) is 2.33. The van der Waals surface area contributed by atoms with Crippen molar-refractivity contribution in [2.45, 2.75) is 45.2 Å². The molecule has 82 valence electrons. The fraction of sp³-hybridized carbons (Fsp3) is 1.00. The average molecular weight is 199 g/mol. The van der Waals surface area contributed by atoms with Gasteiger partial charge in [-0.05, 0) is 50.6 Å². The van der Waals surface area contributed by atoms with Crippen molar-refractivity contribution in [1.29, 1.82) is 0 Å². The number of hydrogen-bond donors (Lipinski definition) is 0. The molecule has 0 spiro atoms. The average Bonchev–Trinajstić information content (AvgIpc) is 2.84. The van der Waals surface area contributed by atoms with E-state index in [-0.39, 0.29) is 0 Å². The molecule has 1 saturated heterocycles. The summed E-state index contributed by atoms with van der Waals surface area (Å²) >= 11 is 0. The van der Waals surface area contributed by atoms with Crippen molar-refractivity contribution < 1.29 is 4.39 Å².